The van der Waals surface area contributed by atoms with E-state index in [9.17, 15) is 72.5 Å². The summed E-state index contributed by atoms with van der Waals surface area (Å²) in [6.07, 6.45) is 0.0607. The number of nitrogens with zero attached hydrogens (tertiary/aromatic N) is 4. The highest BCUT2D eigenvalue weighted by atomic mass is 16.4. The van der Waals surface area contributed by atoms with Gasteiger partial charge in [-0.15, -0.1) is 0 Å². The third-order valence-electron chi connectivity index (χ3n) is 12.5. The standard InChI is InChI=1S/C44H72N16O15/c1-22(53-31(63)18-45)36(67)55-25(12-13-30(46)62)38(69)51-20-34(66)59-16-7-11-29(59)42(73)60-17-6-9-27(60)39(70)52-21-33(65)58-15-5-10-28(58)40(71)57-35(24(3)61)41(72)50-19-32(64)54-23(2)37(68)56-26(43(74)75)8-4-14-49-44(47)48/h22-29,35,61H,4-21,45H2,1-3H3,(H2,46,62)(H,50,72)(H,51,69)(H,52,70)(H,53,63)(H,54,64)(H,55,67)(H,56,68)(H,57,71)(H,74,75)(H4,47,48,49)/t22-,23-,24+,25-,26-,27-,28-,29-,35-/m0/s1. The molecule has 75 heavy (non-hydrogen) atoms. The molecule has 0 unspecified atom stereocenters. The van der Waals surface area contributed by atoms with Crippen molar-refractivity contribution < 1.29 is 72.5 Å². The molecule has 3 saturated heterocycles. The maximum atomic E-state index is 14.0. The van der Waals surface area contributed by atoms with Crippen LogP contribution in [0.3, 0.4) is 0 Å². The molecular formula is C44H72N16O15. The predicted molar refractivity (Wildman–Crippen MR) is 261 cm³/mol. The molecular weight excluding hydrogens is 993 g/mol. The van der Waals surface area contributed by atoms with Crippen molar-refractivity contribution in [2.75, 3.05) is 52.4 Å². The molecule has 0 aromatic rings. The van der Waals surface area contributed by atoms with Crippen LogP contribution >= 0.6 is 0 Å². The number of aliphatic hydroxyl groups is 1. The molecule has 3 rings (SSSR count). The molecule has 0 aromatic heterocycles. The molecule has 18 N–H and O–H groups in total. The largest absolute Gasteiger partial charge is 0.480 e. The van der Waals surface area contributed by atoms with E-state index >= 15 is 0 Å². The number of nitrogens with two attached hydrogens (primary N) is 4. The van der Waals surface area contributed by atoms with Crippen LogP contribution in [-0.4, -0.2) is 215 Å². The summed E-state index contributed by atoms with van der Waals surface area (Å²) in [5, 5.41) is 38.9. The van der Waals surface area contributed by atoms with Gasteiger partial charge in [-0.3, -0.25) is 62.5 Å². The molecule has 31 nitrogen and oxygen atoms in total. The fraction of sp³-hybridized carbons (Fsp3) is 0.682. The van der Waals surface area contributed by atoms with Gasteiger partial charge in [-0.25, -0.2) is 4.79 Å². The number of hydrogen-bond acceptors (Lipinski definition) is 16. The number of nitrogens with one attached hydrogen (secondary N) is 8. The lowest BCUT2D eigenvalue weighted by Gasteiger charge is -2.31. The van der Waals surface area contributed by atoms with Crippen molar-refractivity contribution in [3.05, 3.63) is 0 Å². The number of aliphatic carboxylic acids is 1. The first-order valence-corrected chi connectivity index (χ1v) is 24.5. The molecule has 3 heterocycles. The van der Waals surface area contributed by atoms with Crippen molar-refractivity contribution in [3.8, 4) is 0 Å². The molecule has 31 heteroatoms. The zero-order valence-corrected chi connectivity index (χ0v) is 42.2. The Morgan fingerprint density at radius 1 is 0.587 bits per heavy atom. The Bertz CT molecular complexity index is 2170. The number of hydrogen-bond donors (Lipinski definition) is 14. The van der Waals surface area contributed by atoms with Crippen molar-refractivity contribution in [1.29, 1.82) is 0 Å². The van der Waals surface area contributed by atoms with Gasteiger partial charge in [0.2, 0.25) is 70.9 Å². The van der Waals surface area contributed by atoms with E-state index in [1.165, 1.54) is 35.5 Å². The van der Waals surface area contributed by atoms with Crippen LogP contribution < -0.4 is 65.5 Å². The van der Waals surface area contributed by atoms with Crippen LogP contribution in [0.4, 0.5) is 0 Å². The third-order valence-corrected chi connectivity index (χ3v) is 12.5. The Morgan fingerprint density at radius 3 is 1.64 bits per heavy atom. The highest BCUT2D eigenvalue weighted by Crippen LogP contribution is 2.25. The first-order chi connectivity index (χ1) is 35.4. The molecule has 3 aliphatic heterocycles. The normalized spacial score (nSPS) is 19.4. The number of likely N-dealkylation sites (tertiary alicyclic amines) is 3. The van der Waals surface area contributed by atoms with Gasteiger partial charge in [-0.1, -0.05) is 0 Å². The van der Waals surface area contributed by atoms with Gasteiger partial charge in [0, 0.05) is 32.6 Å². The highest BCUT2D eigenvalue weighted by molar-refractivity contribution is 5.98. The number of rotatable bonds is 28. The number of carboxylic acids is 1. The van der Waals surface area contributed by atoms with Crippen LogP contribution in [0.1, 0.15) is 85.0 Å². The molecule has 0 spiro atoms. The number of amides is 12. The van der Waals surface area contributed by atoms with Gasteiger partial charge in [-0.05, 0) is 78.6 Å². The molecule has 3 fully saturated rings. The zero-order chi connectivity index (χ0) is 56.1. The lowest BCUT2D eigenvalue weighted by atomic mass is 10.1. The number of carboxylic acid groups (broad SMARTS) is 1. The Kier molecular flexibility index (Phi) is 24.5. The molecule has 0 radical (unpaired) electrons. The second kappa shape index (κ2) is 29.9. The van der Waals surface area contributed by atoms with Crippen molar-refractivity contribution in [1.82, 2.24) is 57.2 Å². The number of carbonyl (C=O) groups excluding carboxylic acids is 12. The first kappa shape index (κ1) is 61.6. The van der Waals surface area contributed by atoms with Crippen molar-refractivity contribution >= 4 is 82.8 Å². The van der Waals surface area contributed by atoms with Crippen molar-refractivity contribution in [2.24, 2.45) is 27.9 Å². The molecule has 418 valence electrons. The molecule has 0 saturated carbocycles. The number of carbonyl (C=O) groups is 13. The lowest BCUT2D eigenvalue weighted by Crippen LogP contribution is -2.58. The summed E-state index contributed by atoms with van der Waals surface area (Å²) in [5.41, 5.74) is 21.0. The Morgan fingerprint density at radius 2 is 1.09 bits per heavy atom. The summed E-state index contributed by atoms with van der Waals surface area (Å²) in [7, 11) is 0. The summed E-state index contributed by atoms with van der Waals surface area (Å²) in [6.45, 7) is 2.12. The number of aliphatic imine (C=N–C) groups is 1. The molecule has 0 aromatic carbocycles. The Balaban J connectivity index is 1.52. The van der Waals surface area contributed by atoms with E-state index in [2.05, 4.69) is 47.5 Å². The Hall–Kier alpha value is -7.70. The van der Waals surface area contributed by atoms with Gasteiger partial charge in [0.05, 0.1) is 32.3 Å². The summed E-state index contributed by atoms with van der Waals surface area (Å²) in [4.78, 5) is 174. The summed E-state index contributed by atoms with van der Waals surface area (Å²) in [5.74, 6) is -10.5. The fourth-order valence-corrected chi connectivity index (χ4v) is 8.49. The number of primary amides is 1. The monoisotopic (exact) mass is 1060 g/mol. The van der Waals surface area contributed by atoms with Crippen LogP contribution in [0.15, 0.2) is 4.99 Å². The van der Waals surface area contributed by atoms with Crippen LogP contribution in [0.2, 0.25) is 0 Å². The van der Waals surface area contributed by atoms with Crippen LogP contribution in [0, 0.1) is 0 Å². The summed E-state index contributed by atoms with van der Waals surface area (Å²) >= 11 is 0. The molecule has 3 aliphatic rings. The maximum absolute atomic E-state index is 14.0. The summed E-state index contributed by atoms with van der Waals surface area (Å²) < 4.78 is 0. The molecule has 0 bridgehead atoms. The maximum Gasteiger partial charge on any atom is 0.326 e. The second-order valence-corrected chi connectivity index (χ2v) is 18.3. The van der Waals surface area contributed by atoms with Crippen LogP contribution in [0.25, 0.3) is 0 Å². The van der Waals surface area contributed by atoms with E-state index < -0.39 is 151 Å². The van der Waals surface area contributed by atoms with Gasteiger partial charge in [0.25, 0.3) is 0 Å². The lowest BCUT2D eigenvalue weighted by molar-refractivity contribution is -0.147. The van der Waals surface area contributed by atoms with Gasteiger partial charge >= 0.3 is 5.97 Å². The third kappa shape index (κ3) is 19.3. The van der Waals surface area contributed by atoms with Gasteiger partial charge in [0.15, 0.2) is 5.96 Å². The van der Waals surface area contributed by atoms with Crippen LogP contribution in [0.5, 0.6) is 0 Å². The summed E-state index contributed by atoms with van der Waals surface area (Å²) in [6, 6.07) is -9.69. The number of guanidine groups is 1. The highest BCUT2D eigenvalue weighted by Gasteiger charge is 2.43. The second-order valence-electron chi connectivity index (χ2n) is 18.3. The minimum absolute atomic E-state index is 0.0182. The SMILES string of the molecule is C[C@H](NC(=O)CNC(=O)[C@@H](NC(=O)[C@@H]1CCCN1C(=O)CNC(=O)[C@@H]1CCCN1C(=O)[C@@H]1CCCN1C(=O)CNC(=O)[C@H](CCC(N)=O)NC(=O)[C@H](C)NC(=O)CN)[C@@H](C)O)C(=O)N[C@@H](CCCN=C(N)N)C(=O)O. The topological polar surface area (TPSA) is 485 Å². The van der Waals surface area contributed by atoms with E-state index in [0.29, 0.717) is 19.3 Å². The van der Waals surface area contributed by atoms with Gasteiger partial charge < -0.3 is 90.4 Å². The fourth-order valence-electron chi connectivity index (χ4n) is 8.49. The van der Waals surface area contributed by atoms with E-state index in [-0.39, 0.29) is 83.6 Å². The minimum Gasteiger partial charge on any atom is -0.480 e. The molecule has 12 amide bonds. The first-order valence-electron chi connectivity index (χ1n) is 24.5. The van der Waals surface area contributed by atoms with E-state index in [0.717, 1.165) is 0 Å². The van der Waals surface area contributed by atoms with E-state index in [1.54, 1.807) is 0 Å². The average Bonchev–Trinajstić information content (AvgIpc) is 4.17. The van der Waals surface area contributed by atoms with Crippen molar-refractivity contribution in [3.63, 3.8) is 0 Å². The minimum atomic E-state index is -1.60. The van der Waals surface area contributed by atoms with Gasteiger partial charge in [0.1, 0.15) is 48.3 Å². The average molecular weight is 1070 g/mol. The number of aliphatic hydroxyl groups excluding tert-OH is 1. The van der Waals surface area contributed by atoms with E-state index in [4.69, 9.17) is 22.9 Å². The van der Waals surface area contributed by atoms with E-state index in [1.807, 2.05) is 0 Å². The zero-order valence-electron chi connectivity index (χ0n) is 42.2. The quantitative estimate of drug-likeness (QED) is 0.0197. The Labute approximate surface area is 431 Å². The molecule has 9 atom stereocenters. The van der Waals surface area contributed by atoms with Gasteiger partial charge in [-0.2, -0.15) is 0 Å². The van der Waals surface area contributed by atoms with Crippen LogP contribution in [-0.2, 0) is 62.3 Å². The smallest absolute Gasteiger partial charge is 0.326 e. The molecule has 0 aliphatic carbocycles. The predicted octanol–water partition coefficient (Wildman–Crippen LogP) is -8.48. The van der Waals surface area contributed by atoms with Crippen molar-refractivity contribution in [2.45, 2.75) is 139 Å².